The van der Waals surface area contributed by atoms with Crippen molar-refractivity contribution in [1.29, 1.82) is 0 Å². The number of furan rings is 1. The molecule has 0 radical (unpaired) electrons. The molecule has 6 heteroatoms. The minimum atomic E-state index is -3.52. The van der Waals surface area contributed by atoms with E-state index in [-0.39, 0.29) is 64.4 Å². The molecule has 0 saturated heterocycles. The zero-order valence-corrected chi connectivity index (χ0v) is 35.6. The van der Waals surface area contributed by atoms with E-state index in [9.17, 15) is 16.4 Å². The number of halogens is 1. The Balaban J connectivity index is 0.00000846. The smallest absolute Gasteiger partial charge is 0.497 e. The van der Waals surface area contributed by atoms with E-state index < -0.39 is 120 Å². The van der Waals surface area contributed by atoms with Gasteiger partial charge in [0.2, 0.25) is 0 Å². The van der Waals surface area contributed by atoms with Crippen LogP contribution < -0.4 is 0 Å². The number of nitrogens with zero attached hydrogens (tertiary/aromatic N) is 3. The van der Waals surface area contributed by atoms with Crippen LogP contribution in [0.1, 0.15) is 66.4 Å². The van der Waals surface area contributed by atoms with Crippen molar-refractivity contribution >= 4 is 21.9 Å². The van der Waals surface area contributed by atoms with Gasteiger partial charge in [-0.25, -0.2) is 4.39 Å². The summed E-state index contributed by atoms with van der Waals surface area (Å²) in [5, 5.41) is 0.404. The van der Waals surface area contributed by atoms with Gasteiger partial charge in [0.15, 0.2) is 11.4 Å². The van der Waals surface area contributed by atoms with E-state index in [0.29, 0.717) is 22.5 Å². The fraction of sp³-hybridized carbons (Fsp3) is 0.121. The van der Waals surface area contributed by atoms with Crippen LogP contribution in [0.3, 0.4) is 0 Å². The van der Waals surface area contributed by atoms with Crippen LogP contribution in [-0.2, 0) is 58.3 Å². The van der Waals surface area contributed by atoms with Crippen molar-refractivity contribution in [3.05, 3.63) is 233 Å². The van der Waals surface area contributed by atoms with Gasteiger partial charge >= 0.3 is 20.1 Å². The van der Waals surface area contributed by atoms with Crippen molar-refractivity contribution in [1.82, 2.24) is 15.0 Å². The second-order valence-electron chi connectivity index (χ2n) is 14.1. The van der Waals surface area contributed by atoms with Gasteiger partial charge in [-0.15, -0.1) is 90.0 Å². The molecule has 0 fully saturated rings. The third kappa shape index (κ3) is 9.26. The Morgan fingerprint density at radius 3 is 1.75 bits per heavy atom. The third-order valence-corrected chi connectivity index (χ3v) is 9.94. The van der Waals surface area contributed by atoms with Crippen LogP contribution in [0.25, 0.3) is 66.8 Å². The van der Waals surface area contributed by atoms with Crippen molar-refractivity contribution in [2.75, 3.05) is 0 Å². The molecule has 0 aliphatic carbocycles. The van der Waals surface area contributed by atoms with Gasteiger partial charge in [0.1, 0.15) is 0 Å². The predicted octanol–water partition coefficient (Wildman–Crippen LogP) is 13.6. The zero-order valence-electron chi connectivity index (χ0n) is 53.2. The number of aryl methyl sites for hydroxylation is 7. The number of hydrogen-bond acceptors (Lipinski definition) is 4. The summed E-state index contributed by atoms with van der Waals surface area (Å²) in [6.07, 6.45) is -16.7. The Bertz CT molecular complexity index is 4010. The Morgan fingerprint density at radius 2 is 1.17 bits per heavy atom. The third-order valence-electron chi connectivity index (χ3n) is 9.94. The fourth-order valence-corrected chi connectivity index (χ4v) is 6.86. The molecule has 0 unspecified atom stereocenters. The summed E-state index contributed by atoms with van der Waals surface area (Å²) in [6, 6.07) is 33.5. The summed E-state index contributed by atoms with van der Waals surface area (Å²) in [5.41, 5.74) is -4.38. The molecule has 10 rings (SSSR count). The molecule has 6 aromatic carbocycles. The van der Waals surface area contributed by atoms with Gasteiger partial charge in [-0.1, -0.05) is 107 Å². The van der Waals surface area contributed by atoms with E-state index in [1.807, 2.05) is 0 Å². The van der Waals surface area contributed by atoms with Gasteiger partial charge in [0, 0.05) is 50.1 Å². The van der Waals surface area contributed by atoms with Gasteiger partial charge in [-0.05, 0) is 101 Å². The van der Waals surface area contributed by atoms with Gasteiger partial charge in [0.05, 0.1) is 12.4 Å². The number of benzene rings is 6. The Kier molecular flexibility index (Phi) is 7.48. The van der Waals surface area contributed by atoms with Gasteiger partial charge in [0.25, 0.3) is 0 Å². The topological polar surface area (TPSA) is 51.8 Å². The van der Waals surface area contributed by atoms with Crippen molar-refractivity contribution in [3.8, 4) is 44.9 Å². The van der Waals surface area contributed by atoms with E-state index in [1.54, 1.807) is 48.5 Å². The average Bonchev–Trinajstić information content (AvgIpc) is 1.19. The molecular formula is C58H43FIrN3O. The average molecular weight is 1030 g/mol. The van der Waals surface area contributed by atoms with E-state index in [2.05, 4.69) is 33.2 Å². The van der Waals surface area contributed by atoms with E-state index >= 15 is 4.39 Å². The summed E-state index contributed by atoms with van der Waals surface area (Å²) in [5.74, 6) is -1.09. The number of aromatic nitrogens is 3. The SMILES string of the molecule is [2H]c1c([2H])c([2H])c(-c2ccc3c(oc4c(-c5cc(C([2H])([2H])[2H])c(C([2H])([2H])C([2H])([2H])c6cc(C([2H])([2H])C([2H])([2H])c7ccc(-c8[c-]cccc8)nc7)cc(C([2H])([2H])C([2H])([2H])c7ccc(-c8[c-]cccc8)nc7)c6)cn5)[c-]ccc43)c2F)c([2H])c1[2H].[Ir+3]. The van der Waals surface area contributed by atoms with E-state index in [1.165, 1.54) is 48.5 Å². The van der Waals surface area contributed by atoms with Crippen molar-refractivity contribution < 1.29 is 56.3 Å². The summed E-state index contributed by atoms with van der Waals surface area (Å²) < 4.78 is 203. The van der Waals surface area contributed by atoms with Crippen LogP contribution in [0.2, 0.25) is 0 Å². The first kappa shape index (κ1) is 24.9. The van der Waals surface area contributed by atoms with Crippen LogP contribution in [0.5, 0.6) is 0 Å². The van der Waals surface area contributed by atoms with E-state index in [0.717, 1.165) is 42.9 Å². The molecule has 0 atom stereocenters. The second kappa shape index (κ2) is 19.3. The van der Waals surface area contributed by atoms with Crippen LogP contribution in [0.4, 0.5) is 4.39 Å². The quantitative estimate of drug-likeness (QED) is 0.108. The first-order valence-electron chi connectivity index (χ1n) is 29.5. The Morgan fingerprint density at radius 1 is 0.578 bits per heavy atom. The largest absolute Gasteiger partial charge is 3.00 e. The Hall–Kier alpha value is -6.85. The molecule has 4 aromatic heterocycles. The maximum atomic E-state index is 16.6. The molecular weight excluding hydrogens is 966 g/mol. The summed E-state index contributed by atoms with van der Waals surface area (Å²) in [7, 11) is 0. The Labute approximate surface area is 415 Å². The van der Waals surface area contributed by atoms with Gasteiger partial charge < -0.3 is 19.4 Å². The first-order valence-corrected chi connectivity index (χ1v) is 19.5. The van der Waals surface area contributed by atoms with Crippen molar-refractivity contribution in [2.45, 2.75) is 45.1 Å². The number of rotatable bonds is 13. The molecule has 0 bridgehead atoms. The molecule has 0 amide bonds. The molecule has 0 aliphatic heterocycles. The molecule has 4 heterocycles. The molecule has 64 heavy (non-hydrogen) atoms. The van der Waals surface area contributed by atoms with Gasteiger partial charge in [-0.2, -0.15) is 0 Å². The molecule has 312 valence electrons. The molecule has 0 aliphatic rings. The summed E-state index contributed by atoms with van der Waals surface area (Å²) in [6.45, 7) is -3.25. The van der Waals surface area contributed by atoms with Crippen molar-refractivity contribution in [3.63, 3.8) is 0 Å². The number of fused-ring (bicyclic) bond motifs is 3. The van der Waals surface area contributed by atoms with Crippen LogP contribution >= 0.6 is 0 Å². The van der Waals surface area contributed by atoms with Crippen molar-refractivity contribution in [2.24, 2.45) is 0 Å². The maximum absolute atomic E-state index is 16.6. The second-order valence-corrected chi connectivity index (χ2v) is 14.1. The molecule has 4 nitrogen and oxygen atoms in total. The minimum absolute atomic E-state index is 0. The first-order chi connectivity index (χ1) is 38.8. The maximum Gasteiger partial charge on any atom is 3.00 e. The van der Waals surface area contributed by atoms with Gasteiger partial charge in [-0.3, -0.25) is 0 Å². The fourth-order valence-electron chi connectivity index (χ4n) is 6.86. The number of hydrogen-bond donors (Lipinski definition) is 0. The zero-order chi connectivity index (χ0) is 60.1. The standard InChI is InChI=1S/C58H43FN3O.Ir/c1-39-32-55(52-19-11-18-50-51-29-28-49(45-12-5-2-6-13-45)56(59)58(51)63-57(50)52)62-38-48(39)27-24-44-34-42(22-20-40-25-30-53(60-36-40)46-14-7-3-8-15-46)33-43(35-44)23-21-41-26-31-54(61-37-41)47-16-9-4-10-17-47;/h2-14,16,18,25-26,28-38H,20-24,27H2,1H3;/q-3;+3/i1D3,2D,5D,6D,12D,13D,20D2,21D2,22D2,23D2,24D2,27D2;. The monoisotopic (exact) mass is 1030 g/mol. The van der Waals surface area contributed by atoms with Crippen LogP contribution in [0.15, 0.2) is 175 Å². The summed E-state index contributed by atoms with van der Waals surface area (Å²) in [4.78, 5) is 13.0. The predicted molar refractivity (Wildman–Crippen MR) is 252 cm³/mol. The van der Waals surface area contributed by atoms with E-state index in [4.69, 9.17) is 15.4 Å². The normalized spacial score (nSPS) is 17.3. The number of pyridine rings is 3. The minimum Gasteiger partial charge on any atom is -0.497 e. The summed E-state index contributed by atoms with van der Waals surface area (Å²) >= 11 is 0. The molecule has 0 spiro atoms. The molecule has 10 aromatic rings. The van der Waals surface area contributed by atoms with Crippen LogP contribution in [0, 0.1) is 30.9 Å². The van der Waals surface area contributed by atoms with Crippen LogP contribution in [-0.4, -0.2) is 15.0 Å². The molecule has 0 N–H and O–H groups in total. The molecule has 0 saturated carbocycles.